The maximum Gasteiger partial charge on any atom is 0.272 e. The van der Waals surface area contributed by atoms with Crippen molar-refractivity contribution >= 4 is 11.6 Å². The van der Waals surface area contributed by atoms with E-state index in [9.17, 15) is 4.79 Å². The van der Waals surface area contributed by atoms with E-state index in [0.717, 1.165) is 11.4 Å². The van der Waals surface area contributed by atoms with Crippen LogP contribution in [0.15, 0.2) is 48.7 Å². The van der Waals surface area contributed by atoms with Gasteiger partial charge < -0.3 is 15.0 Å². The number of aromatic nitrogens is 1. The molecule has 2 aromatic rings. The maximum absolute atomic E-state index is 11.8. The van der Waals surface area contributed by atoms with Crippen LogP contribution in [0.4, 0.5) is 5.69 Å². The van der Waals surface area contributed by atoms with Gasteiger partial charge in [0, 0.05) is 32.5 Å². The van der Waals surface area contributed by atoms with E-state index in [4.69, 9.17) is 4.74 Å². The number of carbonyl (C=O) groups excluding carboxylic acids is 1. The van der Waals surface area contributed by atoms with Crippen molar-refractivity contribution in [2.45, 2.75) is 0 Å². The second-order valence-corrected chi connectivity index (χ2v) is 4.72. The SMILES string of the molecule is CN(C)C(=O)c1cc(NCCOc2ccccc2)ccn1. The second-order valence-electron chi connectivity index (χ2n) is 4.72. The molecular weight excluding hydrogens is 266 g/mol. The molecule has 0 bridgehead atoms. The fraction of sp³-hybridized carbons (Fsp3) is 0.250. The van der Waals surface area contributed by atoms with Gasteiger partial charge in [0.05, 0.1) is 0 Å². The average molecular weight is 285 g/mol. The molecule has 0 aliphatic rings. The summed E-state index contributed by atoms with van der Waals surface area (Å²) in [5.41, 5.74) is 1.28. The summed E-state index contributed by atoms with van der Waals surface area (Å²) in [5, 5.41) is 3.21. The van der Waals surface area contributed by atoms with Gasteiger partial charge in [0.1, 0.15) is 18.1 Å². The third-order valence-corrected chi connectivity index (χ3v) is 2.83. The zero-order valence-corrected chi connectivity index (χ0v) is 12.2. The van der Waals surface area contributed by atoms with Crippen LogP contribution < -0.4 is 10.1 Å². The van der Waals surface area contributed by atoms with Crippen LogP contribution in [0.3, 0.4) is 0 Å². The molecule has 0 fully saturated rings. The number of pyridine rings is 1. The number of rotatable bonds is 6. The molecule has 1 aromatic carbocycles. The Balaban J connectivity index is 1.83. The highest BCUT2D eigenvalue weighted by atomic mass is 16.5. The number of nitrogens with one attached hydrogen (secondary N) is 1. The monoisotopic (exact) mass is 285 g/mol. The van der Waals surface area contributed by atoms with Gasteiger partial charge in [-0.2, -0.15) is 0 Å². The Hall–Kier alpha value is -2.56. The van der Waals surface area contributed by atoms with E-state index in [0.29, 0.717) is 18.8 Å². The van der Waals surface area contributed by atoms with Gasteiger partial charge >= 0.3 is 0 Å². The lowest BCUT2D eigenvalue weighted by Crippen LogP contribution is -2.23. The summed E-state index contributed by atoms with van der Waals surface area (Å²) in [6.45, 7) is 1.19. The van der Waals surface area contributed by atoms with Crippen molar-refractivity contribution in [3.8, 4) is 5.75 Å². The lowest BCUT2D eigenvalue weighted by molar-refractivity contribution is 0.0822. The van der Waals surface area contributed by atoms with Gasteiger partial charge in [0.15, 0.2) is 0 Å². The summed E-state index contributed by atoms with van der Waals surface area (Å²) in [5.74, 6) is 0.733. The van der Waals surface area contributed by atoms with E-state index < -0.39 is 0 Å². The first-order chi connectivity index (χ1) is 10.2. The molecule has 0 aliphatic carbocycles. The van der Waals surface area contributed by atoms with Gasteiger partial charge in [-0.15, -0.1) is 0 Å². The predicted octanol–water partition coefficient (Wildman–Crippen LogP) is 2.27. The highest BCUT2D eigenvalue weighted by molar-refractivity contribution is 5.92. The van der Waals surface area contributed by atoms with Crippen molar-refractivity contribution in [2.75, 3.05) is 32.6 Å². The van der Waals surface area contributed by atoms with Crippen molar-refractivity contribution in [3.63, 3.8) is 0 Å². The summed E-state index contributed by atoms with van der Waals surface area (Å²) in [7, 11) is 3.41. The topological polar surface area (TPSA) is 54.5 Å². The minimum absolute atomic E-state index is 0.112. The van der Waals surface area contributed by atoms with Crippen LogP contribution in [0.1, 0.15) is 10.5 Å². The van der Waals surface area contributed by atoms with Crippen molar-refractivity contribution in [1.29, 1.82) is 0 Å². The van der Waals surface area contributed by atoms with Crippen molar-refractivity contribution in [1.82, 2.24) is 9.88 Å². The summed E-state index contributed by atoms with van der Waals surface area (Å²) in [6, 6.07) is 13.2. The number of anilines is 1. The highest BCUT2D eigenvalue weighted by Gasteiger charge is 2.09. The molecule has 0 aliphatic heterocycles. The first-order valence-corrected chi connectivity index (χ1v) is 6.76. The van der Waals surface area contributed by atoms with Gasteiger partial charge in [0.25, 0.3) is 5.91 Å². The highest BCUT2D eigenvalue weighted by Crippen LogP contribution is 2.10. The van der Waals surface area contributed by atoms with Crippen LogP contribution in [-0.4, -0.2) is 43.0 Å². The van der Waals surface area contributed by atoms with Crippen LogP contribution in [-0.2, 0) is 0 Å². The van der Waals surface area contributed by atoms with Crippen LogP contribution in [0, 0.1) is 0 Å². The van der Waals surface area contributed by atoms with E-state index in [1.54, 1.807) is 26.4 Å². The molecule has 5 heteroatoms. The van der Waals surface area contributed by atoms with Crippen LogP contribution >= 0.6 is 0 Å². The normalized spacial score (nSPS) is 10.0. The molecule has 1 aromatic heterocycles. The van der Waals surface area contributed by atoms with Crippen molar-refractivity contribution in [2.24, 2.45) is 0 Å². The molecule has 0 atom stereocenters. The Bertz CT molecular complexity index is 585. The van der Waals surface area contributed by atoms with Crippen LogP contribution in [0.25, 0.3) is 0 Å². The van der Waals surface area contributed by atoms with E-state index >= 15 is 0 Å². The Morgan fingerprint density at radius 2 is 2.00 bits per heavy atom. The van der Waals surface area contributed by atoms with Crippen molar-refractivity contribution in [3.05, 3.63) is 54.4 Å². The molecule has 1 heterocycles. The van der Waals surface area contributed by atoms with Gasteiger partial charge in [-0.05, 0) is 24.3 Å². The number of benzene rings is 1. The first-order valence-electron chi connectivity index (χ1n) is 6.76. The van der Waals surface area contributed by atoms with Gasteiger partial charge in [0.2, 0.25) is 0 Å². The summed E-state index contributed by atoms with van der Waals surface area (Å²) < 4.78 is 5.59. The molecular formula is C16H19N3O2. The standard InChI is InChI=1S/C16H19N3O2/c1-19(2)16(20)15-12-13(8-9-18-15)17-10-11-21-14-6-4-3-5-7-14/h3-9,12H,10-11H2,1-2H3,(H,17,18). The lowest BCUT2D eigenvalue weighted by atomic mass is 10.3. The Labute approximate surface area is 124 Å². The Kier molecular flexibility index (Phi) is 5.15. The molecule has 0 unspecified atom stereocenters. The van der Waals surface area contributed by atoms with Crippen molar-refractivity contribution < 1.29 is 9.53 Å². The number of nitrogens with zero attached hydrogens (tertiary/aromatic N) is 2. The van der Waals surface area contributed by atoms with Gasteiger partial charge in [-0.1, -0.05) is 18.2 Å². The quantitative estimate of drug-likeness (QED) is 0.827. The maximum atomic E-state index is 11.8. The minimum atomic E-state index is -0.112. The third-order valence-electron chi connectivity index (χ3n) is 2.83. The molecule has 1 N–H and O–H groups in total. The van der Waals surface area contributed by atoms with E-state index in [2.05, 4.69) is 10.3 Å². The summed E-state index contributed by atoms with van der Waals surface area (Å²) in [6.07, 6.45) is 1.62. The molecule has 0 saturated carbocycles. The largest absolute Gasteiger partial charge is 0.492 e. The fourth-order valence-corrected chi connectivity index (χ4v) is 1.77. The fourth-order valence-electron chi connectivity index (χ4n) is 1.77. The van der Waals surface area contributed by atoms with Crippen LogP contribution in [0.5, 0.6) is 5.75 Å². The number of amides is 1. The molecule has 0 saturated heterocycles. The molecule has 0 spiro atoms. The average Bonchev–Trinajstić information content (AvgIpc) is 2.52. The van der Waals surface area contributed by atoms with E-state index in [-0.39, 0.29) is 5.91 Å². The zero-order chi connectivity index (χ0) is 15.1. The second kappa shape index (κ2) is 7.28. The minimum Gasteiger partial charge on any atom is -0.492 e. The molecule has 21 heavy (non-hydrogen) atoms. The number of hydrogen-bond donors (Lipinski definition) is 1. The Morgan fingerprint density at radius 1 is 1.24 bits per heavy atom. The molecule has 1 amide bonds. The predicted molar refractivity (Wildman–Crippen MR) is 82.7 cm³/mol. The molecule has 0 radical (unpaired) electrons. The molecule has 110 valence electrons. The smallest absolute Gasteiger partial charge is 0.272 e. The third kappa shape index (κ3) is 4.49. The van der Waals surface area contributed by atoms with E-state index in [1.165, 1.54) is 4.90 Å². The van der Waals surface area contributed by atoms with E-state index in [1.807, 2.05) is 36.4 Å². The van der Waals surface area contributed by atoms with Gasteiger partial charge in [-0.25, -0.2) is 0 Å². The Morgan fingerprint density at radius 3 is 2.71 bits per heavy atom. The number of carbonyl (C=O) groups is 1. The number of ether oxygens (including phenoxy) is 1. The zero-order valence-electron chi connectivity index (χ0n) is 12.2. The first kappa shape index (κ1) is 14.8. The van der Waals surface area contributed by atoms with Crippen LogP contribution in [0.2, 0.25) is 0 Å². The molecule has 5 nitrogen and oxygen atoms in total. The number of hydrogen-bond acceptors (Lipinski definition) is 4. The summed E-state index contributed by atoms with van der Waals surface area (Å²) >= 11 is 0. The lowest BCUT2D eigenvalue weighted by Gasteiger charge is -2.11. The van der Waals surface area contributed by atoms with Gasteiger partial charge in [-0.3, -0.25) is 9.78 Å². The number of para-hydroxylation sites is 1. The molecule has 2 rings (SSSR count). The summed E-state index contributed by atoms with van der Waals surface area (Å²) in [4.78, 5) is 17.4.